The molecular formula is C12H14BN3O3. The molecule has 19 heavy (non-hydrogen) atoms. The van der Waals surface area contributed by atoms with Gasteiger partial charge in [0.2, 0.25) is 0 Å². The lowest BCUT2D eigenvalue weighted by Crippen LogP contribution is -2.33. The first-order valence-corrected chi connectivity index (χ1v) is 5.75. The molecule has 0 saturated heterocycles. The van der Waals surface area contributed by atoms with E-state index >= 15 is 0 Å². The second-order valence-electron chi connectivity index (χ2n) is 4.22. The van der Waals surface area contributed by atoms with Crippen molar-refractivity contribution in [3.05, 3.63) is 41.7 Å². The van der Waals surface area contributed by atoms with Gasteiger partial charge in [-0.15, -0.1) is 0 Å². The highest BCUT2D eigenvalue weighted by atomic mass is 16.4. The molecule has 1 amide bonds. The van der Waals surface area contributed by atoms with E-state index < -0.39 is 7.12 Å². The Morgan fingerprint density at radius 3 is 2.63 bits per heavy atom. The minimum Gasteiger partial charge on any atom is -0.423 e. The summed E-state index contributed by atoms with van der Waals surface area (Å²) in [4.78, 5) is 12.1. The van der Waals surface area contributed by atoms with E-state index in [1.165, 1.54) is 6.07 Å². The Kier molecular flexibility index (Phi) is 3.68. The maximum Gasteiger partial charge on any atom is 0.490 e. The van der Waals surface area contributed by atoms with Gasteiger partial charge in [0.05, 0.1) is 11.3 Å². The van der Waals surface area contributed by atoms with Crippen molar-refractivity contribution in [1.29, 1.82) is 0 Å². The molecule has 2 rings (SSSR count). The predicted octanol–water partition coefficient (Wildman–Crippen LogP) is -0.339. The highest BCUT2D eigenvalue weighted by Gasteiger charge is 2.18. The number of nitrogens with one attached hydrogen (secondary N) is 1. The molecule has 0 saturated carbocycles. The van der Waals surface area contributed by atoms with Crippen LogP contribution in [0.15, 0.2) is 30.5 Å². The van der Waals surface area contributed by atoms with Gasteiger partial charge in [-0.2, -0.15) is 5.10 Å². The Labute approximate surface area is 110 Å². The van der Waals surface area contributed by atoms with E-state index in [-0.39, 0.29) is 11.4 Å². The summed E-state index contributed by atoms with van der Waals surface area (Å²) in [6, 6.07) is 6.52. The average Bonchev–Trinajstić information content (AvgIpc) is 2.69. The van der Waals surface area contributed by atoms with Crippen LogP contribution in [0.1, 0.15) is 16.1 Å². The van der Waals surface area contributed by atoms with Crippen LogP contribution in [0.25, 0.3) is 0 Å². The van der Waals surface area contributed by atoms with E-state index in [1.54, 1.807) is 43.0 Å². The molecule has 0 aliphatic heterocycles. The fraction of sp³-hybridized carbons (Fsp3) is 0.167. The summed E-state index contributed by atoms with van der Waals surface area (Å²) in [7, 11) is 0.0985. The van der Waals surface area contributed by atoms with Crippen LogP contribution in [0, 0.1) is 6.92 Å². The molecule has 1 aromatic heterocycles. The molecule has 2 aromatic rings. The van der Waals surface area contributed by atoms with Crippen molar-refractivity contribution >= 4 is 24.2 Å². The second-order valence-corrected chi connectivity index (χ2v) is 4.22. The number of carbonyl (C=O) groups excluding carboxylic acids is 1. The first-order chi connectivity index (χ1) is 8.99. The van der Waals surface area contributed by atoms with Gasteiger partial charge in [-0.25, -0.2) is 0 Å². The van der Waals surface area contributed by atoms with E-state index in [0.717, 1.165) is 0 Å². The summed E-state index contributed by atoms with van der Waals surface area (Å²) in [6.07, 6.45) is 1.61. The molecule has 98 valence electrons. The first-order valence-electron chi connectivity index (χ1n) is 5.75. The number of para-hydroxylation sites is 1. The highest BCUT2D eigenvalue weighted by Crippen LogP contribution is 2.10. The van der Waals surface area contributed by atoms with Crippen molar-refractivity contribution in [2.24, 2.45) is 7.05 Å². The molecule has 0 fully saturated rings. The van der Waals surface area contributed by atoms with Crippen LogP contribution in [0.2, 0.25) is 0 Å². The lowest BCUT2D eigenvalue weighted by molar-refractivity contribution is 0.102. The summed E-state index contributed by atoms with van der Waals surface area (Å²) in [5.74, 6) is -0.335. The van der Waals surface area contributed by atoms with Crippen molar-refractivity contribution in [1.82, 2.24) is 9.78 Å². The standard InChI is InChI=1S/C12H14BN3O3/c1-8-9(7-16(2)15-8)12(17)14-11-6-4-3-5-10(11)13(18)19/h3-7,18-19H,1-2H3,(H,14,17). The number of carbonyl (C=O) groups is 1. The molecule has 0 atom stereocenters. The van der Waals surface area contributed by atoms with Gasteiger partial charge in [0.15, 0.2) is 0 Å². The van der Waals surface area contributed by atoms with Gasteiger partial charge in [-0.3, -0.25) is 9.48 Å². The molecule has 0 radical (unpaired) electrons. The fourth-order valence-electron chi connectivity index (χ4n) is 1.85. The molecule has 0 bridgehead atoms. The molecule has 0 unspecified atom stereocenters. The summed E-state index contributed by atoms with van der Waals surface area (Å²) < 4.78 is 1.55. The second kappa shape index (κ2) is 5.25. The van der Waals surface area contributed by atoms with Gasteiger partial charge in [0.25, 0.3) is 5.91 Å². The fourth-order valence-corrected chi connectivity index (χ4v) is 1.85. The minimum atomic E-state index is -1.63. The van der Waals surface area contributed by atoms with Crippen molar-refractivity contribution < 1.29 is 14.8 Å². The number of aromatic nitrogens is 2. The van der Waals surface area contributed by atoms with Crippen LogP contribution < -0.4 is 10.8 Å². The molecule has 1 aromatic carbocycles. The molecular weight excluding hydrogens is 245 g/mol. The zero-order chi connectivity index (χ0) is 14.0. The first kappa shape index (κ1) is 13.3. The number of benzene rings is 1. The number of hydrogen-bond donors (Lipinski definition) is 3. The highest BCUT2D eigenvalue weighted by molar-refractivity contribution is 6.60. The largest absolute Gasteiger partial charge is 0.490 e. The summed E-state index contributed by atoms with van der Waals surface area (Å²) in [5, 5.41) is 25.2. The van der Waals surface area contributed by atoms with Crippen molar-refractivity contribution in [3.63, 3.8) is 0 Å². The average molecular weight is 259 g/mol. The van der Waals surface area contributed by atoms with Gasteiger partial charge >= 0.3 is 7.12 Å². The predicted molar refractivity (Wildman–Crippen MR) is 72.2 cm³/mol. The smallest absolute Gasteiger partial charge is 0.423 e. The van der Waals surface area contributed by atoms with E-state index in [1.807, 2.05) is 0 Å². The Bertz CT molecular complexity index is 610. The van der Waals surface area contributed by atoms with E-state index in [4.69, 9.17) is 0 Å². The van der Waals surface area contributed by atoms with E-state index in [0.29, 0.717) is 16.9 Å². The topological polar surface area (TPSA) is 87.4 Å². The third kappa shape index (κ3) is 2.83. The van der Waals surface area contributed by atoms with Crippen LogP contribution >= 0.6 is 0 Å². The van der Waals surface area contributed by atoms with E-state index in [9.17, 15) is 14.8 Å². The van der Waals surface area contributed by atoms with Crippen molar-refractivity contribution in [2.45, 2.75) is 6.92 Å². The van der Waals surface area contributed by atoms with Gasteiger partial charge in [0.1, 0.15) is 0 Å². The summed E-state index contributed by atoms with van der Waals surface area (Å²) in [5.41, 5.74) is 1.68. The molecule has 3 N–H and O–H groups in total. The third-order valence-corrected chi connectivity index (χ3v) is 2.75. The number of anilines is 1. The van der Waals surface area contributed by atoms with Crippen LogP contribution in [-0.4, -0.2) is 32.9 Å². The lowest BCUT2D eigenvalue weighted by atomic mass is 9.79. The number of amides is 1. The number of nitrogens with zero attached hydrogens (tertiary/aromatic N) is 2. The van der Waals surface area contributed by atoms with Gasteiger partial charge in [-0.1, -0.05) is 18.2 Å². The lowest BCUT2D eigenvalue weighted by Gasteiger charge is -2.09. The Morgan fingerprint density at radius 1 is 1.37 bits per heavy atom. The minimum absolute atomic E-state index is 0.248. The van der Waals surface area contributed by atoms with Crippen LogP contribution in [0.4, 0.5) is 5.69 Å². The quantitative estimate of drug-likeness (QED) is 0.658. The van der Waals surface area contributed by atoms with Crippen molar-refractivity contribution in [3.8, 4) is 0 Å². The maximum absolute atomic E-state index is 12.1. The number of rotatable bonds is 3. The molecule has 0 aliphatic carbocycles. The zero-order valence-electron chi connectivity index (χ0n) is 10.7. The SMILES string of the molecule is Cc1nn(C)cc1C(=O)Nc1ccccc1B(O)O. The molecule has 6 nitrogen and oxygen atoms in total. The molecule has 1 heterocycles. The maximum atomic E-state index is 12.1. The number of hydrogen-bond acceptors (Lipinski definition) is 4. The van der Waals surface area contributed by atoms with Crippen molar-refractivity contribution in [2.75, 3.05) is 5.32 Å². The third-order valence-electron chi connectivity index (χ3n) is 2.75. The summed E-state index contributed by atoms with van der Waals surface area (Å²) >= 11 is 0. The van der Waals surface area contributed by atoms with Crippen LogP contribution in [-0.2, 0) is 7.05 Å². The molecule has 0 spiro atoms. The molecule has 0 aliphatic rings. The number of aryl methyl sites for hydroxylation is 2. The Hall–Kier alpha value is -2.12. The monoisotopic (exact) mass is 259 g/mol. The normalized spacial score (nSPS) is 10.3. The van der Waals surface area contributed by atoms with Crippen LogP contribution in [0.5, 0.6) is 0 Å². The summed E-state index contributed by atoms with van der Waals surface area (Å²) in [6.45, 7) is 1.74. The zero-order valence-corrected chi connectivity index (χ0v) is 10.7. The molecule has 7 heteroatoms. The van der Waals surface area contributed by atoms with Gasteiger partial charge in [0, 0.05) is 24.4 Å². The van der Waals surface area contributed by atoms with Gasteiger partial charge in [-0.05, 0) is 13.0 Å². The van der Waals surface area contributed by atoms with Crippen LogP contribution in [0.3, 0.4) is 0 Å². The van der Waals surface area contributed by atoms with Gasteiger partial charge < -0.3 is 15.4 Å². The Balaban J connectivity index is 2.27. The van der Waals surface area contributed by atoms with E-state index in [2.05, 4.69) is 10.4 Å². The Morgan fingerprint density at radius 2 is 2.05 bits per heavy atom.